The van der Waals surface area contributed by atoms with Gasteiger partial charge in [0, 0.05) is 33.1 Å². The topological polar surface area (TPSA) is 31.1 Å². The van der Waals surface area contributed by atoms with E-state index in [0.717, 1.165) is 11.7 Å². The second-order valence-corrected chi connectivity index (χ2v) is 12.8. The van der Waals surface area contributed by atoms with Gasteiger partial charge in [0.25, 0.3) is 0 Å². The van der Waals surface area contributed by atoms with Crippen molar-refractivity contribution in [1.82, 2.24) is 14.6 Å². The fraction of sp³-hybridized carbons (Fsp3) is 0.0769. The van der Waals surface area contributed by atoms with Crippen LogP contribution in [0.25, 0.3) is 49.3 Å². The number of hydrogen-bond acceptors (Lipinski definition) is 2. The first kappa shape index (κ1) is 23.4. The third kappa shape index (κ3) is 3.22. The third-order valence-corrected chi connectivity index (χ3v) is 10.7. The van der Waals surface area contributed by atoms with Crippen LogP contribution in [0, 0.1) is 0 Å². The second kappa shape index (κ2) is 8.68. The van der Waals surface area contributed by atoms with Crippen molar-refractivity contribution in [3.63, 3.8) is 0 Å². The minimum Gasteiger partial charge on any atom is -0.248 e. The molecule has 0 saturated carbocycles. The van der Waals surface area contributed by atoms with E-state index < -0.39 is 0 Å². The summed E-state index contributed by atoms with van der Waals surface area (Å²) >= 11 is 1.92. The number of hydrogen-bond donors (Lipinski definition) is 1. The minimum atomic E-state index is 0.0340. The quantitative estimate of drug-likeness (QED) is 0.232. The number of thiophene rings is 1. The maximum Gasteiger partial charge on any atom is 0.452 e. The molecule has 4 heteroatoms. The molecule has 202 valence electrons. The fourth-order valence-electron chi connectivity index (χ4n) is 7.67. The summed E-state index contributed by atoms with van der Waals surface area (Å²) < 4.78 is 9.15. The number of nitrogens with one attached hydrogen (secondary N) is 1. The number of allylic oxidation sites excluding steroid dienone is 2. The molecule has 4 aliphatic rings. The summed E-state index contributed by atoms with van der Waals surface area (Å²) in [5, 5.41) is 9.14. The molecule has 0 fully saturated rings. The number of fused-ring (bicyclic) bond motifs is 12. The largest absolute Gasteiger partial charge is 0.452 e. The van der Waals surface area contributed by atoms with Gasteiger partial charge in [-0.05, 0) is 51.2 Å². The average molecular weight is 569 g/mol. The van der Waals surface area contributed by atoms with Crippen molar-refractivity contribution < 1.29 is 0 Å². The van der Waals surface area contributed by atoms with Gasteiger partial charge < -0.3 is 0 Å². The van der Waals surface area contributed by atoms with Crippen LogP contribution < -0.4 is 20.4 Å². The van der Waals surface area contributed by atoms with Gasteiger partial charge in [0.2, 0.25) is 5.71 Å². The highest BCUT2D eigenvalue weighted by Gasteiger charge is 2.44. The van der Waals surface area contributed by atoms with Gasteiger partial charge in [-0.25, -0.2) is 9.98 Å². The van der Waals surface area contributed by atoms with Gasteiger partial charge in [-0.2, -0.15) is 4.57 Å². The van der Waals surface area contributed by atoms with E-state index >= 15 is 0 Å². The Labute approximate surface area is 252 Å². The fourth-order valence-corrected chi connectivity index (χ4v) is 8.98. The van der Waals surface area contributed by atoms with Gasteiger partial charge in [0.1, 0.15) is 11.2 Å². The molecule has 3 atom stereocenters. The Kier molecular flexibility index (Phi) is 4.73. The predicted molar refractivity (Wildman–Crippen MR) is 181 cm³/mol. The van der Waals surface area contributed by atoms with Gasteiger partial charge in [-0.3, -0.25) is 0 Å². The highest BCUT2D eigenvalue weighted by atomic mass is 32.1. The van der Waals surface area contributed by atoms with Gasteiger partial charge in [-0.1, -0.05) is 109 Å². The van der Waals surface area contributed by atoms with Crippen LogP contribution in [-0.2, 0) is 0 Å². The first-order valence-corrected chi connectivity index (χ1v) is 15.8. The van der Waals surface area contributed by atoms with Crippen molar-refractivity contribution in [1.29, 1.82) is 0 Å². The molecule has 0 amide bonds. The van der Waals surface area contributed by atoms with E-state index in [-0.39, 0.29) is 17.9 Å². The molecule has 43 heavy (non-hydrogen) atoms. The van der Waals surface area contributed by atoms with E-state index in [9.17, 15) is 0 Å². The van der Waals surface area contributed by atoms with E-state index in [1.54, 1.807) is 0 Å². The van der Waals surface area contributed by atoms with E-state index in [0.29, 0.717) is 0 Å². The van der Waals surface area contributed by atoms with Crippen LogP contribution in [0.3, 0.4) is 0 Å². The van der Waals surface area contributed by atoms with Gasteiger partial charge in [-0.15, -0.1) is 11.3 Å². The Hall–Kier alpha value is -5.15. The minimum absolute atomic E-state index is 0.0340. The smallest absolute Gasteiger partial charge is 0.248 e. The van der Waals surface area contributed by atoms with E-state index in [2.05, 4.69) is 143 Å². The molecule has 1 N–H and O–H groups in total. The SMILES string of the molecule is C1=CC2NC(n3c4c(c5ccccc53)C3C=c5ccccc5=CC3c3c-4sc4ccccc34)=[N+]=C2C(c2ccccc2)=C1. The average Bonchev–Trinajstić information content (AvgIpc) is 3.76. The van der Waals surface area contributed by atoms with Crippen molar-refractivity contribution in [3.05, 3.63) is 148 Å². The van der Waals surface area contributed by atoms with Gasteiger partial charge >= 0.3 is 5.96 Å². The molecular formula is C39H26N3S+. The lowest BCUT2D eigenvalue weighted by atomic mass is 9.72. The highest BCUT2D eigenvalue weighted by Crippen LogP contribution is 2.57. The molecule has 2 aromatic heterocycles. The van der Waals surface area contributed by atoms with E-state index in [4.69, 9.17) is 4.67 Å². The Bertz CT molecular complexity index is 2430. The van der Waals surface area contributed by atoms with Crippen LogP contribution in [-0.4, -0.2) is 22.3 Å². The van der Waals surface area contributed by atoms with E-state index in [1.807, 2.05) is 11.3 Å². The maximum atomic E-state index is 5.39. The van der Waals surface area contributed by atoms with Crippen LogP contribution in [0.4, 0.5) is 0 Å². The van der Waals surface area contributed by atoms with Crippen molar-refractivity contribution in [2.24, 2.45) is 0 Å². The van der Waals surface area contributed by atoms with Crippen molar-refractivity contribution in [3.8, 4) is 10.6 Å². The monoisotopic (exact) mass is 568 g/mol. The summed E-state index contributed by atoms with van der Waals surface area (Å²) in [6.45, 7) is 0. The van der Waals surface area contributed by atoms with Gasteiger partial charge in [0.05, 0.1) is 4.88 Å². The summed E-state index contributed by atoms with van der Waals surface area (Å²) in [4.78, 5) is 1.36. The summed E-state index contributed by atoms with van der Waals surface area (Å²) in [5.41, 5.74) is 8.78. The molecule has 0 bridgehead atoms. The molecule has 3 nitrogen and oxygen atoms in total. The van der Waals surface area contributed by atoms with Crippen molar-refractivity contribution >= 4 is 61.7 Å². The number of para-hydroxylation sites is 1. The first-order valence-electron chi connectivity index (χ1n) is 14.9. The molecule has 3 aliphatic carbocycles. The Morgan fingerprint density at radius 1 is 0.698 bits per heavy atom. The van der Waals surface area contributed by atoms with Crippen LogP contribution >= 0.6 is 11.3 Å². The molecule has 3 heterocycles. The predicted octanol–water partition coefficient (Wildman–Crippen LogP) is 6.32. The van der Waals surface area contributed by atoms with Gasteiger partial charge in [0.15, 0.2) is 6.04 Å². The second-order valence-electron chi connectivity index (χ2n) is 11.7. The summed E-state index contributed by atoms with van der Waals surface area (Å²) in [6, 6.07) is 37.3. The zero-order valence-electron chi connectivity index (χ0n) is 23.2. The number of benzene rings is 4. The Balaban J connectivity index is 1.31. The molecule has 4 aromatic carbocycles. The number of nitrogens with zero attached hydrogens (tertiary/aromatic N) is 2. The lowest BCUT2D eigenvalue weighted by molar-refractivity contribution is 0.789. The Morgan fingerprint density at radius 3 is 2.23 bits per heavy atom. The molecule has 1 aliphatic heterocycles. The molecule has 10 rings (SSSR count). The lowest BCUT2D eigenvalue weighted by Gasteiger charge is -2.30. The van der Waals surface area contributed by atoms with Crippen LogP contribution in [0.2, 0.25) is 0 Å². The summed E-state index contributed by atoms with van der Waals surface area (Å²) in [6.07, 6.45) is 11.6. The highest BCUT2D eigenvalue weighted by molar-refractivity contribution is 7.22. The summed E-state index contributed by atoms with van der Waals surface area (Å²) in [7, 11) is 0. The molecule has 0 saturated heterocycles. The third-order valence-electron chi connectivity index (χ3n) is 9.48. The normalized spacial score (nSPS) is 20.8. The van der Waals surface area contributed by atoms with Crippen LogP contribution in [0.15, 0.2) is 121 Å². The molecular weight excluding hydrogens is 543 g/mol. The molecule has 0 radical (unpaired) electrons. The van der Waals surface area contributed by atoms with Crippen LogP contribution in [0.5, 0.6) is 0 Å². The number of aromatic nitrogens is 1. The molecule has 0 spiro atoms. The van der Waals surface area contributed by atoms with Crippen molar-refractivity contribution in [2.75, 3.05) is 0 Å². The molecule has 6 aromatic rings. The number of rotatable bonds is 1. The lowest BCUT2D eigenvalue weighted by Crippen LogP contribution is -2.38. The summed E-state index contributed by atoms with van der Waals surface area (Å²) in [5.74, 6) is 1.41. The van der Waals surface area contributed by atoms with Crippen LogP contribution in [0.1, 0.15) is 28.5 Å². The van der Waals surface area contributed by atoms with E-state index in [1.165, 1.54) is 64.3 Å². The Morgan fingerprint density at radius 2 is 1.40 bits per heavy atom. The molecule has 3 unspecified atom stereocenters. The maximum absolute atomic E-state index is 5.39. The first-order chi connectivity index (χ1) is 21.3. The zero-order chi connectivity index (χ0) is 28.1. The standard InChI is InChI=1S/C39H25N3S/c1-2-11-23(12-3-1)26-17-10-18-31-36(26)41-39(40-31)42-32-19-8-6-15-27(32)34-29-21-24-13-4-5-14-25(24)22-30(29)35-28-16-7-9-20-33(28)43-38(35)37(34)42/h1-22,29-31H/p+1. The zero-order valence-corrected chi connectivity index (χ0v) is 24.1. The van der Waals surface area contributed by atoms with Crippen molar-refractivity contribution in [2.45, 2.75) is 17.9 Å².